The summed E-state index contributed by atoms with van der Waals surface area (Å²) in [7, 11) is 0. The molecule has 0 saturated heterocycles. The van der Waals surface area contributed by atoms with E-state index in [1.54, 1.807) is 24.3 Å². The molecule has 0 atom stereocenters. The minimum atomic E-state index is -0.188. The molecular formula is C16H17NO2. The van der Waals surface area contributed by atoms with Gasteiger partial charge in [-0.25, -0.2) is 4.90 Å². The molecule has 0 aromatic heterocycles. The van der Waals surface area contributed by atoms with Gasteiger partial charge in [-0.1, -0.05) is 31.1 Å². The lowest BCUT2D eigenvalue weighted by molar-refractivity contribution is 0.0703. The van der Waals surface area contributed by atoms with Gasteiger partial charge in [-0.2, -0.15) is 0 Å². The van der Waals surface area contributed by atoms with Gasteiger partial charge in [-0.05, 0) is 37.8 Å². The molecular weight excluding hydrogens is 238 g/mol. The van der Waals surface area contributed by atoms with Crippen LogP contribution in [0.25, 0.3) is 0 Å². The molecule has 0 unspecified atom stereocenters. The second-order valence-corrected chi connectivity index (χ2v) is 5.34. The fourth-order valence-electron chi connectivity index (χ4n) is 3.05. The van der Waals surface area contributed by atoms with Gasteiger partial charge in [-0.3, -0.25) is 9.59 Å². The van der Waals surface area contributed by atoms with Crippen molar-refractivity contribution in [2.24, 2.45) is 5.92 Å². The van der Waals surface area contributed by atoms with Crippen molar-refractivity contribution in [1.82, 2.24) is 4.90 Å². The summed E-state index contributed by atoms with van der Waals surface area (Å²) < 4.78 is 0. The number of rotatable bonds is 2. The molecule has 98 valence electrons. The van der Waals surface area contributed by atoms with Crippen LogP contribution in [-0.2, 0) is 0 Å². The molecule has 0 bridgehead atoms. The number of allylic oxidation sites excluding steroid dienone is 2. The number of nitrogens with zero attached hydrogens (tertiary/aromatic N) is 1. The van der Waals surface area contributed by atoms with E-state index in [1.165, 1.54) is 30.6 Å². The number of carbonyl (C=O) groups excluding carboxylic acids is 2. The van der Waals surface area contributed by atoms with Crippen molar-refractivity contribution in [2.75, 3.05) is 0 Å². The predicted molar refractivity (Wildman–Crippen MR) is 72.7 cm³/mol. The van der Waals surface area contributed by atoms with E-state index in [-0.39, 0.29) is 11.8 Å². The number of benzene rings is 1. The van der Waals surface area contributed by atoms with Gasteiger partial charge in [0.15, 0.2) is 0 Å². The maximum absolute atomic E-state index is 12.3. The van der Waals surface area contributed by atoms with Crippen molar-refractivity contribution in [3.8, 4) is 0 Å². The molecule has 2 amide bonds. The number of hydrogen-bond acceptors (Lipinski definition) is 2. The van der Waals surface area contributed by atoms with Gasteiger partial charge in [0.25, 0.3) is 11.8 Å². The molecule has 1 aliphatic heterocycles. The van der Waals surface area contributed by atoms with Crippen LogP contribution in [0.2, 0.25) is 0 Å². The zero-order valence-electron chi connectivity index (χ0n) is 11.1. The second-order valence-electron chi connectivity index (χ2n) is 5.34. The highest BCUT2D eigenvalue weighted by Crippen LogP contribution is 2.30. The van der Waals surface area contributed by atoms with E-state index in [2.05, 4.69) is 6.08 Å². The lowest BCUT2D eigenvalue weighted by Crippen LogP contribution is -2.28. The van der Waals surface area contributed by atoms with E-state index in [9.17, 15) is 9.59 Å². The average molecular weight is 255 g/mol. The molecule has 2 aliphatic rings. The first-order valence-electron chi connectivity index (χ1n) is 6.84. The van der Waals surface area contributed by atoms with Gasteiger partial charge < -0.3 is 0 Å². The Hall–Kier alpha value is -1.90. The molecule has 3 heteroatoms. The smallest absolute Gasteiger partial charge is 0.265 e. The lowest BCUT2D eigenvalue weighted by Gasteiger charge is -2.16. The van der Waals surface area contributed by atoms with E-state index in [0.29, 0.717) is 17.0 Å². The van der Waals surface area contributed by atoms with Gasteiger partial charge in [-0.15, -0.1) is 0 Å². The standard InChI is InChI=1S/C16H17NO2/c1-11(10-12-6-2-3-7-12)17-15(18)13-8-4-5-9-14(13)16(17)19/h4-5,8-10,12H,2-3,6-7H2,1H3/b11-10+. The molecule has 1 aliphatic carbocycles. The van der Waals surface area contributed by atoms with Crippen molar-refractivity contribution in [2.45, 2.75) is 32.6 Å². The molecule has 1 aromatic rings. The predicted octanol–water partition coefficient (Wildman–Crippen LogP) is 3.38. The largest absolute Gasteiger partial charge is 0.268 e. The Bertz CT molecular complexity index is 533. The fourth-order valence-corrected chi connectivity index (χ4v) is 3.05. The fraction of sp³-hybridized carbons (Fsp3) is 0.375. The molecule has 3 nitrogen and oxygen atoms in total. The zero-order valence-corrected chi connectivity index (χ0v) is 11.1. The maximum Gasteiger partial charge on any atom is 0.265 e. The van der Waals surface area contributed by atoms with Gasteiger partial charge in [0.05, 0.1) is 11.1 Å². The third kappa shape index (κ3) is 1.99. The second kappa shape index (κ2) is 4.65. The van der Waals surface area contributed by atoms with Gasteiger partial charge in [0, 0.05) is 5.70 Å². The van der Waals surface area contributed by atoms with Crippen LogP contribution in [0.5, 0.6) is 0 Å². The Morgan fingerprint density at radius 1 is 1.11 bits per heavy atom. The number of hydrogen-bond donors (Lipinski definition) is 0. The first-order valence-corrected chi connectivity index (χ1v) is 6.84. The normalized spacial score (nSPS) is 20.3. The average Bonchev–Trinajstić information content (AvgIpc) is 2.99. The molecule has 19 heavy (non-hydrogen) atoms. The SMILES string of the molecule is C/C(=C\C1CCCC1)N1C(=O)c2ccccc2C1=O. The molecule has 0 N–H and O–H groups in total. The monoisotopic (exact) mass is 255 g/mol. The first kappa shape index (κ1) is 12.2. The molecule has 1 aromatic carbocycles. The van der Waals surface area contributed by atoms with Crippen molar-refractivity contribution in [1.29, 1.82) is 0 Å². The Labute approximate surface area is 112 Å². The highest BCUT2D eigenvalue weighted by atomic mass is 16.2. The minimum absolute atomic E-state index is 0.188. The Balaban J connectivity index is 1.91. The van der Waals surface area contributed by atoms with Crippen LogP contribution in [0.3, 0.4) is 0 Å². The lowest BCUT2D eigenvalue weighted by atomic mass is 10.1. The molecule has 1 fully saturated rings. The highest BCUT2D eigenvalue weighted by molar-refractivity contribution is 6.22. The molecule has 3 rings (SSSR count). The summed E-state index contributed by atoms with van der Waals surface area (Å²) >= 11 is 0. The van der Waals surface area contributed by atoms with E-state index in [0.717, 1.165) is 5.70 Å². The first-order chi connectivity index (χ1) is 9.18. The number of imide groups is 1. The van der Waals surface area contributed by atoms with Gasteiger partial charge >= 0.3 is 0 Å². The summed E-state index contributed by atoms with van der Waals surface area (Å²) in [5.74, 6) is 0.143. The van der Waals surface area contributed by atoms with Crippen molar-refractivity contribution >= 4 is 11.8 Å². The number of carbonyl (C=O) groups is 2. The van der Waals surface area contributed by atoms with Crippen LogP contribution in [0.15, 0.2) is 36.0 Å². The van der Waals surface area contributed by atoms with Gasteiger partial charge in [0.2, 0.25) is 0 Å². The summed E-state index contributed by atoms with van der Waals surface area (Å²) in [5, 5.41) is 0. The molecule has 1 saturated carbocycles. The van der Waals surface area contributed by atoms with Crippen molar-refractivity contribution < 1.29 is 9.59 Å². The van der Waals surface area contributed by atoms with Crippen molar-refractivity contribution in [3.05, 3.63) is 47.2 Å². The highest BCUT2D eigenvalue weighted by Gasteiger charge is 2.36. The Morgan fingerprint density at radius 2 is 1.63 bits per heavy atom. The van der Waals surface area contributed by atoms with Crippen LogP contribution in [0, 0.1) is 5.92 Å². The van der Waals surface area contributed by atoms with E-state index in [1.807, 2.05) is 6.92 Å². The van der Waals surface area contributed by atoms with Crippen LogP contribution in [0.4, 0.5) is 0 Å². The van der Waals surface area contributed by atoms with E-state index < -0.39 is 0 Å². The molecule has 1 heterocycles. The van der Waals surface area contributed by atoms with Crippen molar-refractivity contribution in [3.63, 3.8) is 0 Å². The maximum atomic E-state index is 12.3. The summed E-state index contributed by atoms with van der Waals surface area (Å²) in [6.45, 7) is 1.86. The Morgan fingerprint density at radius 3 is 2.16 bits per heavy atom. The van der Waals surface area contributed by atoms with Gasteiger partial charge in [0.1, 0.15) is 0 Å². The minimum Gasteiger partial charge on any atom is -0.268 e. The third-order valence-electron chi connectivity index (χ3n) is 4.02. The summed E-state index contributed by atoms with van der Waals surface area (Å²) in [6, 6.07) is 7.03. The van der Waals surface area contributed by atoms with Crippen LogP contribution in [-0.4, -0.2) is 16.7 Å². The van der Waals surface area contributed by atoms with Crippen LogP contribution in [0.1, 0.15) is 53.3 Å². The molecule has 0 radical (unpaired) electrons. The zero-order chi connectivity index (χ0) is 13.4. The quantitative estimate of drug-likeness (QED) is 0.760. The van der Waals surface area contributed by atoms with E-state index in [4.69, 9.17) is 0 Å². The van der Waals surface area contributed by atoms with E-state index >= 15 is 0 Å². The number of amides is 2. The van der Waals surface area contributed by atoms with Crippen LogP contribution >= 0.6 is 0 Å². The third-order valence-corrected chi connectivity index (χ3v) is 4.02. The summed E-state index contributed by atoms with van der Waals surface area (Å²) in [5.41, 5.74) is 1.82. The number of fused-ring (bicyclic) bond motifs is 1. The Kier molecular flexibility index (Phi) is 2.97. The van der Waals surface area contributed by atoms with Crippen LogP contribution < -0.4 is 0 Å². The summed E-state index contributed by atoms with van der Waals surface area (Å²) in [6.07, 6.45) is 6.92. The topological polar surface area (TPSA) is 37.4 Å². The summed E-state index contributed by atoms with van der Waals surface area (Å²) in [4.78, 5) is 25.9. The molecule has 0 spiro atoms.